The Morgan fingerprint density at radius 3 is 2.47 bits per heavy atom. The summed E-state index contributed by atoms with van der Waals surface area (Å²) in [4.78, 5) is 22.6. The highest BCUT2D eigenvalue weighted by atomic mass is 16.6. The Kier molecular flexibility index (Phi) is 5.29. The van der Waals surface area contributed by atoms with Gasteiger partial charge in [-0.1, -0.05) is 6.58 Å². The molecule has 0 saturated carbocycles. The minimum atomic E-state index is -0.491. The van der Waals surface area contributed by atoms with Crippen molar-refractivity contribution in [2.75, 3.05) is 13.2 Å². The normalized spacial score (nSPS) is 10.1. The molecule has 1 heterocycles. The molecular weight excluding hydrogens is 248 g/mol. The zero-order chi connectivity index (χ0) is 14.4. The molecule has 0 aromatic carbocycles. The van der Waals surface area contributed by atoms with E-state index in [9.17, 15) is 9.59 Å². The van der Waals surface area contributed by atoms with Crippen molar-refractivity contribution in [2.24, 2.45) is 0 Å². The number of carbonyl (C=O) groups excluding carboxylic acids is 2. The van der Waals surface area contributed by atoms with Gasteiger partial charge in [0.25, 0.3) is 0 Å². The fourth-order valence-corrected chi connectivity index (χ4v) is 1.42. The molecule has 0 saturated heterocycles. The van der Waals surface area contributed by atoms with Crippen LogP contribution in [0.3, 0.4) is 0 Å². The first-order chi connectivity index (χ1) is 8.90. The van der Waals surface area contributed by atoms with Crippen molar-refractivity contribution in [3.05, 3.63) is 29.6 Å². The third-order valence-electron chi connectivity index (χ3n) is 2.31. The fraction of sp³-hybridized carbons (Fsp3) is 0.462. The average molecular weight is 266 g/mol. The summed E-state index contributed by atoms with van der Waals surface area (Å²) in [7, 11) is 0. The van der Waals surface area contributed by atoms with Crippen LogP contribution in [0.25, 0.3) is 0 Å². The summed E-state index contributed by atoms with van der Waals surface area (Å²) in [5.41, 5.74) is 2.05. The third-order valence-corrected chi connectivity index (χ3v) is 2.31. The zero-order valence-electron chi connectivity index (χ0n) is 11.4. The van der Waals surface area contributed by atoms with Gasteiger partial charge in [-0.25, -0.2) is 4.79 Å². The van der Waals surface area contributed by atoms with E-state index in [2.05, 4.69) is 11.7 Å². The average Bonchev–Trinajstić information content (AvgIpc) is 2.63. The number of aryl methyl sites for hydroxylation is 2. The number of hydrogen-bond donors (Lipinski definition) is 0. The SMILES string of the molecule is C=C(C)C(=O)OCCOC(=O)Cn1nc(C)cc1C. The summed E-state index contributed by atoms with van der Waals surface area (Å²) in [6.45, 7) is 8.81. The minimum Gasteiger partial charge on any atom is -0.461 e. The fourth-order valence-electron chi connectivity index (χ4n) is 1.42. The first kappa shape index (κ1) is 14.9. The van der Waals surface area contributed by atoms with E-state index in [1.54, 1.807) is 11.6 Å². The van der Waals surface area contributed by atoms with Gasteiger partial charge in [0.05, 0.1) is 5.69 Å². The van der Waals surface area contributed by atoms with Gasteiger partial charge in [-0.05, 0) is 26.8 Å². The maximum atomic E-state index is 11.5. The Bertz CT molecular complexity index is 491. The molecule has 6 nitrogen and oxygen atoms in total. The van der Waals surface area contributed by atoms with Gasteiger partial charge in [0.1, 0.15) is 19.8 Å². The van der Waals surface area contributed by atoms with E-state index >= 15 is 0 Å². The zero-order valence-corrected chi connectivity index (χ0v) is 11.4. The molecule has 1 rings (SSSR count). The van der Waals surface area contributed by atoms with E-state index in [-0.39, 0.29) is 19.8 Å². The second-order valence-corrected chi connectivity index (χ2v) is 4.22. The molecule has 1 aromatic heterocycles. The molecule has 0 atom stereocenters. The minimum absolute atomic E-state index is 0.0224. The van der Waals surface area contributed by atoms with Crippen molar-refractivity contribution in [2.45, 2.75) is 27.3 Å². The molecule has 0 radical (unpaired) electrons. The number of aromatic nitrogens is 2. The van der Waals surface area contributed by atoms with E-state index in [0.717, 1.165) is 11.4 Å². The van der Waals surface area contributed by atoms with E-state index in [1.165, 1.54) is 0 Å². The largest absolute Gasteiger partial charge is 0.461 e. The van der Waals surface area contributed by atoms with Crippen LogP contribution < -0.4 is 0 Å². The van der Waals surface area contributed by atoms with Crippen LogP contribution >= 0.6 is 0 Å². The van der Waals surface area contributed by atoms with Crippen molar-refractivity contribution in [1.29, 1.82) is 0 Å². The van der Waals surface area contributed by atoms with Crippen LogP contribution in [0.4, 0.5) is 0 Å². The molecule has 104 valence electrons. The highest BCUT2D eigenvalue weighted by molar-refractivity contribution is 5.86. The smallest absolute Gasteiger partial charge is 0.333 e. The monoisotopic (exact) mass is 266 g/mol. The van der Waals surface area contributed by atoms with E-state index in [1.807, 2.05) is 19.9 Å². The van der Waals surface area contributed by atoms with Crippen molar-refractivity contribution in [1.82, 2.24) is 9.78 Å². The lowest BCUT2D eigenvalue weighted by Crippen LogP contribution is -2.19. The Balaban J connectivity index is 2.27. The van der Waals surface area contributed by atoms with Gasteiger partial charge in [-0.15, -0.1) is 0 Å². The van der Waals surface area contributed by atoms with Crippen molar-refractivity contribution in [3.8, 4) is 0 Å². The first-order valence-corrected chi connectivity index (χ1v) is 5.89. The van der Waals surface area contributed by atoms with E-state index in [0.29, 0.717) is 5.57 Å². The maximum Gasteiger partial charge on any atom is 0.333 e. The number of rotatable bonds is 6. The standard InChI is InChI=1S/C13H18N2O4/c1-9(2)13(17)19-6-5-18-12(16)8-15-11(4)7-10(3)14-15/h7H,1,5-6,8H2,2-4H3. The predicted molar refractivity (Wildman–Crippen MR) is 68.4 cm³/mol. The molecule has 0 amide bonds. The summed E-state index contributed by atoms with van der Waals surface area (Å²) >= 11 is 0. The van der Waals surface area contributed by atoms with Gasteiger partial charge in [0.2, 0.25) is 0 Å². The number of hydrogen-bond acceptors (Lipinski definition) is 5. The van der Waals surface area contributed by atoms with E-state index in [4.69, 9.17) is 9.47 Å². The Morgan fingerprint density at radius 1 is 1.32 bits per heavy atom. The van der Waals surface area contributed by atoms with E-state index < -0.39 is 11.9 Å². The molecule has 0 aliphatic heterocycles. The van der Waals surface area contributed by atoms with Gasteiger partial charge in [-0.3, -0.25) is 9.48 Å². The van der Waals surface area contributed by atoms with Crippen LogP contribution in [-0.4, -0.2) is 34.9 Å². The lowest BCUT2D eigenvalue weighted by atomic mass is 10.4. The van der Waals surface area contributed by atoms with Gasteiger partial charge in [0.15, 0.2) is 0 Å². The molecule has 0 fully saturated rings. The van der Waals surface area contributed by atoms with Crippen LogP contribution in [0.15, 0.2) is 18.2 Å². The highest BCUT2D eigenvalue weighted by Gasteiger charge is 2.09. The third kappa shape index (κ3) is 4.95. The van der Waals surface area contributed by atoms with Gasteiger partial charge >= 0.3 is 11.9 Å². The Morgan fingerprint density at radius 2 is 1.95 bits per heavy atom. The number of esters is 2. The second kappa shape index (κ2) is 6.72. The molecule has 0 unspecified atom stereocenters. The molecule has 0 bridgehead atoms. The number of ether oxygens (including phenoxy) is 2. The van der Waals surface area contributed by atoms with Crippen LogP contribution in [0.1, 0.15) is 18.3 Å². The number of nitrogens with zero attached hydrogens (tertiary/aromatic N) is 2. The molecule has 0 aliphatic carbocycles. The summed E-state index contributed by atoms with van der Waals surface area (Å²) < 4.78 is 11.3. The molecule has 19 heavy (non-hydrogen) atoms. The van der Waals surface area contributed by atoms with Crippen molar-refractivity contribution < 1.29 is 19.1 Å². The Labute approximate surface area is 112 Å². The summed E-state index contributed by atoms with van der Waals surface area (Å²) in [6.07, 6.45) is 0. The summed E-state index contributed by atoms with van der Waals surface area (Å²) in [6, 6.07) is 1.88. The molecule has 0 N–H and O–H groups in total. The lowest BCUT2D eigenvalue weighted by Gasteiger charge is -2.07. The van der Waals surface area contributed by atoms with Crippen LogP contribution in [0.2, 0.25) is 0 Å². The van der Waals surface area contributed by atoms with Crippen molar-refractivity contribution in [3.63, 3.8) is 0 Å². The topological polar surface area (TPSA) is 70.4 Å². The van der Waals surface area contributed by atoms with Crippen LogP contribution in [0, 0.1) is 13.8 Å². The quantitative estimate of drug-likeness (QED) is 0.439. The molecule has 6 heteroatoms. The van der Waals surface area contributed by atoms with Gasteiger partial charge < -0.3 is 9.47 Å². The molecule has 0 aliphatic rings. The first-order valence-electron chi connectivity index (χ1n) is 5.89. The predicted octanol–water partition coefficient (Wildman–Crippen LogP) is 1.16. The highest BCUT2D eigenvalue weighted by Crippen LogP contribution is 2.01. The molecule has 1 aromatic rings. The Hall–Kier alpha value is -2.11. The number of carbonyl (C=O) groups is 2. The van der Waals surface area contributed by atoms with Gasteiger partial charge in [0, 0.05) is 11.3 Å². The van der Waals surface area contributed by atoms with Crippen LogP contribution in [0.5, 0.6) is 0 Å². The molecule has 0 spiro atoms. The lowest BCUT2D eigenvalue weighted by molar-refractivity contribution is -0.150. The van der Waals surface area contributed by atoms with Gasteiger partial charge in [-0.2, -0.15) is 5.10 Å². The van der Waals surface area contributed by atoms with Crippen molar-refractivity contribution >= 4 is 11.9 Å². The maximum absolute atomic E-state index is 11.5. The molecular formula is C13H18N2O4. The summed E-state index contributed by atoms with van der Waals surface area (Å²) in [5, 5.41) is 4.15. The second-order valence-electron chi connectivity index (χ2n) is 4.22. The van der Waals surface area contributed by atoms with Crippen LogP contribution in [-0.2, 0) is 25.6 Å². The summed E-state index contributed by atoms with van der Waals surface area (Å²) in [5.74, 6) is -0.910.